The third-order valence-electron chi connectivity index (χ3n) is 2.36. The van der Waals surface area contributed by atoms with E-state index in [1.807, 2.05) is 0 Å². The summed E-state index contributed by atoms with van der Waals surface area (Å²) < 4.78 is 0. The molecule has 0 bridgehead atoms. The maximum absolute atomic E-state index is 10.2. The molecule has 0 aliphatic rings. The Kier molecular flexibility index (Phi) is 17.1. The van der Waals surface area contributed by atoms with Crippen LogP contribution >= 0.6 is 0 Å². The molecule has 0 fully saturated rings. The Morgan fingerprint density at radius 2 is 1.68 bits per heavy atom. The van der Waals surface area contributed by atoms with Crippen molar-refractivity contribution in [1.29, 1.82) is 0 Å². The molecular formula is C12H11K2NO10. The molecule has 0 aliphatic carbocycles. The molecule has 25 heavy (non-hydrogen) atoms. The summed E-state index contributed by atoms with van der Waals surface area (Å²) in [4.78, 5) is 44.1. The van der Waals surface area contributed by atoms with Crippen molar-refractivity contribution >= 4 is 23.9 Å². The molecule has 0 spiro atoms. The van der Waals surface area contributed by atoms with Crippen molar-refractivity contribution in [2.24, 2.45) is 0 Å². The van der Waals surface area contributed by atoms with E-state index in [4.69, 9.17) is 20.4 Å². The van der Waals surface area contributed by atoms with Crippen LogP contribution in [-0.2, 0) is 14.4 Å². The number of rotatable bonds is 6. The van der Waals surface area contributed by atoms with Crippen molar-refractivity contribution < 1.29 is 153 Å². The van der Waals surface area contributed by atoms with Crippen LogP contribution in [0.2, 0.25) is 0 Å². The first-order valence-corrected chi connectivity index (χ1v) is 5.70. The number of aromatic nitrogens is 1. The molecule has 2 unspecified atom stereocenters. The van der Waals surface area contributed by atoms with Crippen molar-refractivity contribution in [2.75, 3.05) is 0 Å². The smallest absolute Gasteiger partial charge is 0.550 e. The maximum atomic E-state index is 10.2. The van der Waals surface area contributed by atoms with Crippen LogP contribution in [0.25, 0.3) is 0 Å². The number of hydrogen-bond donors (Lipinski definition) is 4. The molecule has 0 amide bonds. The van der Waals surface area contributed by atoms with Gasteiger partial charge < -0.3 is 40.2 Å². The molecular weight excluding hydrogens is 396 g/mol. The second-order valence-corrected chi connectivity index (χ2v) is 4.05. The van der Waals surface area contributed by atoms with E-state index in [2.05, 4.69) is 4.98 Å². The monoisotopic (exact) mass is 407 g/mol. The molecule has 13 heteroatoms. The first-order chi connectivity index (χ1) is 10.5. The van der Waals surface area contributed by atoms with Gasteiger partial charge in [-0.25, -0.2) is 9.59 Å². The quantitative estimate of drug-likeness (QED) is 0.325. The Morgan fingerprint density at radius 3 is 1.92 bits per heavy atom. The van der Waals surface area contributed by atoms with Crippen molar-refractivity contribution in [3.05, 3.63) is 30.1 Å². The zero-order valence-electron chi connectivity index (χ0n) is 13.3. The molecule has 0 aromatic carbocycles. The zero-order valence-corrected chi connectivity index (χ0v) is 19.5. The fourth-order valence-corrected chi connectivity index (χ4v) is 1.19. The molecule has 0 radical (unpaired) electrons. The van der Waals surface area contributed by atoms with E-state index in [0.29, 0.717) is 0 Å². The number of nitrogens with zero attached hydrogens (tertiary/aromatic N) is 1. The molecule has 1 aromatic rings. The summed E-state index contributed by atoms with van der Waals surface area (Å²) in [5.41, 5.74) is -3.18. The molecule has 0 saturated heterocycles. The SMILES string of the molecule is O=C(O)c1cccnc1.O=C([O-])CC(O)(C(=O)[O-])C(O)C(=O)O.[K+].[K+]. The fourth-order valence-electron chi connectivity index (χ4n) is 1.19. The molecule has 2 atom stereocenters. The Bertz CT molecular complexity index is 597. The van der Waals surface area contributed by atoms with Crippen molar-refractivity contribution in [3.63, 3.8) is 0 Å². The van der Waals surface area contributed by atoms with Crippen LogP contribution in [0.4, 0.5) is 0 Å². The van der Waals surface area contributed by atoms with Gasteiger partial charge in [0.1, 0.15) is 5.60 Å². The summed E-state index contributed by atoms with van der Waals surface area (Å²) >= 11 is 0. The van der Waals surface area contributed by atoms with Gasteiger partial charge in [0.05, 0.1) is 11.5 Å². The minimum Gasteiger partial charge on any atom is -0.550 e. The minimum absolute atomic E-state index is 0. The number of aliphatic hydroxyl groups is 2. The van der Waals surface area contributed by atoms with Gasteiger partial charge in [-0.2, -0.15) is 0 Å². The molecule has 1 heterocycles. The molecule has 1 rings (SSSR count). The van der Waals surface area contributed by atoms with Gasteiger partial charge in [-0.3, -0.25) is 4.98 Å². The number of hydrogen-bond acceptors (Lipinski definition) is 9. The number of carbonyl (C=O) groups is 4. The zero-order chi connectivity index (χ0) is 18.2. The second-order valence-electron chi connectivity index (χ2n) is 4.05. The number of aliphatic hydroxyl groups excluding tert-OH is 1. The van der Waals surface area contributed by atoms with Gasteiger partial charge in [0, 0.05) is 24.8 Å². The predicted octanol–water partition coefficient (Wildman–Crippen LogP) is -10.2. The number of carboxylic acid groups (broad SMARTS) is 4. The van der Waals surface area contributed by atoms with Crippen LogP contribution in [-0.4, -0.2) is 61.0 Å². The maximum Gasteiger partial charge on any atom is 1.00 e. The van der Waals surface area contributed by atoms with E-state index in [-0.39, 0.29) is 108 Å². The van der Waals surface area contributed by atoms with E-state index in [1.165, 1.54) is 18.5 Å². The molecule has 126 valence electrons. The van der Waals surface area contributed by atoms with Gasteiger partial charge in [0.2, 0.25) is 0 Å². The molecule has 4 N–H and O–H groups in total. The number of carboxylic acids is 4. The topological polar surface area (TPSA) is 208 Å². The van der Waals surface area contributed by atoms with Crippen LogP contribution in [0.15, 0.2) is 24.5 Å². The Hall–Kier alpha value is 0.223. The van der Waals surface area contributed by atoms with Crippen molar-refractivity contribution in [2.45, 2.75) is 18.1 Å². The third-order valence-corrected chi connectivity index (χ3v) is 2.36. The van der Waals surface area contributed by atoms with Crippen LogP contribution in [0.3, 0.4) is 0 Å². The summed E-state index contributed by atoms with van der Waals surface area (Å²) in [6, 6.07) is 3.08. The van der Waals surface area contributed by atoms with E-state index in [1.54, 1.807) is 6.07 Å². The summed E-state index contributed by atoms with van der Waals surface area (Å²) in [7, 11) is 0. The number of aromatic carboxylic acids is 1. The van der Waals surface area contributed by atoms with Crippen LogP contribution in [0.1, 0.15) is 16.8 Å². The first kappa shape index (κ1) is 30.0. The third kappa shape index (κ3) is 10.8. The van der Waals surface area contributed by atoms with Crippen LogP contribution < -0.4 is 113 Å². The van der Waals surface area contributed by atoms with E-state index in [0.717, 1.165) is 0 Å². The van der Waals surface area contributed by atoms with Gasteiger partial charge in [-0.15, -0.1) is 0 Å². The summed E-state index contributed by atoms with van der Waals surface area (Å²) in [5, 5.41) is 54.4. The Morgan fingerprint density at radius 1 is 1.16 bits per heavy atom. The number of carbonyl (C=O) groups excluding carboxylic acids is 2. The number of aliphatic carboxylic acids is 3. The normalized spacial score (nSPS) is 12.6. The summed E-state index contributed by atoms with van der Waals surface area (Å²) in [6.07, 6.45) is -1.54. The predicted molar refractivity (Wildman–Crippen MR) is 64.4 cm³/mol. The molecule has 11 nitrogen and oxygen atoms in total. The molecule has 0 saturated carbocycles. The van der Waals surface area contributed by atoms with Crippen LogP contribution in [0.5, 0.6) is 0 Å². The van der Waals surface area contributed by atoms with Gasteiger partial charge in [0.25, 0.3) is 0 Å². The summed E-state index contributed by atoms with van der Waals surface area (Å²) in [6.45, 7) is 0. The van der Waals surface area contributed by atoms with Crippen molar-refractivity contribution in [3.8, 4) is 0 Å². The summed E-state index contributed by atoms with van der Waals surface area (Å²) in [5.74, 6) is -7.46. The van der Waals surface area contributed by atoms with Gasteiger partial charge in [-0.05, 0) is 12.1 Å². The average molecular weight is 407 g/mol. The Balaban J connectivity index is -0.000000384. The fraction of sp³-hybridized carbons (Fsp3) is 0.250. The van der Waals surface area contributed by atoms with Gasteiger partial charge in [-0.1, -0.05) is 0 Å². The van der Waals surface area contributed by atoms with Crippen LogP contribution in [0, 0.1) is 0 Å². The standard InChI is InChI=1S/C6H5NO2.C6H8O8.2K/c8-6(9)5-2-1-3-7-4-5;7-2(8)1-6(14,5(12)13)3(9)4(10)11;;/h1-4H,(H,8,9);3,9,14H,1H2,(H,7,8)(H,10,11)(H,12,13);;/q;;2*+1/p-2. The van der Waals surface area contributed by atoms with E-state index >= 15 is 0 Å². The number of pyridine rings is 1. The van der Waals surface area contributed by atoms with Gasteiger partial charge in [0.15, 0.2) is 6.10 Å². The largest absolute Gasteiger partial charge is 1.00 e. The molecule has 1 aromatic heterocycles. The van der Waals surface area contributed by atoms with Gasteiger partial charge >= 0.3 is 115 Å². The average Bonchev–Trinajstić information content (AvgIpc) is 2.46. The second kappa shape index (κ2) is 14.3. The first-order valence-electron chi connectivity index (χ1n) is 5.70. The minimum atomic E-state index is -3.40. The molecule has 0 aliphatic heterocycles. The van der Waals surface area contributed by atoms with E-state index in [9.17, 15) is 29.4 Å². The van der Waals surface area contributed by atoms with E-state index < -0.39 is 42.0 Å². The Labute approximate surface area is 225 Å². The van der Waals surface area contributed by atoms with Crippen molar-refractivity contribution in [1.82, 2.24) is 4.98 Å².